The highest BCUT2D eigenvalue weighted by molar-refractivity contribution is 6.32. The number of hydrogen-bond acceptors (Lipinski definition) is 2. The molecule has 1 aromatic carbocycles. The van der Waals surface area contributed by atoms with Gasteiger partial charge in [0.1, 0.15) is 5.15 Å². The average molecular weight is 238 g/mol. The van der Waals surface area contributed by atoms with Gasteiger partial charge in [-0.15, -0.1) is 0 Å². The molecule has 1 aromatic heterocycles. The van der Waals surface area contributed by atoms with Crippen molar-refractivity contribution >= 4 is 28.5 Å². The summed E-state index contributed by atoms with van der Waals surface area (Å²) in [5.41, 5.74) is 1.74. The van der Waals surface area contributed by atoms with Crippen molar-refractivity contribution < 1.29 is 9.53 Å². The molecule has 4 heteroatoms. The van der Waals surface area contributed by atoms with E-state index in [1.165, 1.54) is 0 Å². The lowest BCUT2D eigenvalue weighted by Gasteiger charge is -2.01. The number of rotatable bonds is 3. The predicted octanol–water partition coefficient (Wildman–Crippen LogP) is 2.93. The first-order valence-electron chi connectivity index (χ1n) is 5.13. The van der Waals surface area contributed by atoms with Gasteiger partial charge in [0.2, 0.25) is 0 Å². The van der Waals surface area contributed by atoms with Crippen molar-refractivity contribution in [3.63, 3.8) is 0 Å². The van der Waals surface area contributed by atoms with Gasteiger partial charge in [0, 0.05) is 16.5 Å². The van der Waals surface area contributed by atoms with E-state index < -0.39 is 0 Å². The number of aromatic amines is 1. The first kappa shape index (κ1) is 11.0. The van der Waals surface area contributed by atoms with Crippen LogP contribution in [0.25, 0.3) is 10.9 Å². The Bertz CT molecular complexity index is 519. The summed E-state index contributed by atoms with van der Waals surface area (Å²) in [6, 6.07) is 7.70. The third-order valence-electron chi connectivity index (χ3n) is 2.39. The number of H-pyrrole nitrogens is 1. The Hall–Kier alpha value is -1.48. The van der Waals surface area contributed by atoms with Gasteiger partial charge in [0.15, 0.2) is 0 Å². The number of carbonyl (C=O) groups is 1. The summed E-state index contributed by atoms with van der Waals surface area (Å²) >= 11 is 6.05. The SMILES string of the molecule is CCOC(=O)Cc1c(Cl)[nH]c2ccccc12. The molecule has 0 aliphatic carbocycles. The number of carbonyl (C=O) groups excluding carboxylic acids is 1. The molecule has 0 unspecified atom stereocenters. The molecule has 2 aromatic rings. The lowest BCUT2D eigenvalue weighted by molar-refractivity contribution is -0.142. The topological polar surface area (TPSA) is 42.1 Å². The van der Waals surface area contributed by atoms with Crippen LogP contribution in [0, 0.1) is 0 Å². The lowest BCUT2D eigenvalue weighted by Crippen LogP contribution is -2.07. The van der Waals surface area contributed by atoms with Gasteiger partial charge in [0.05, 0.1) is 13.0 Å². The Balaban J connectivity index is 2.36. The first-order valence-corrected chi connectivity index (χ1v) is 5.51. The van der Waals surface area contributed by atoms with E-state index in [0.29, 0.717) is 11.8 Å². The molecule has 0 saturated carbocycles. The van der Waals surface area contributed by atoms with Crippen LogP contribution in [0.1, 0.15) is 12.5 Å². The Morgan fingerprint density at radius 1 is 1.44 bits per heavy atom. The summed E-state index contributed by atoms with van der Waals surface area (Å²) in [7, 11) is 0. The molecule has 84 valence electrons. The van der Waals surface area contributed by atoms with Gasteiger partial charge >= 0.3 is 5.97 Å². The number of ether oxygens (including phenoxy) is 1. The van der Waals surface area contributed by atoms with Crippen LogP contribution in [0.2, 0.25) is 5.15 Å². The van der Waals surface area contributed by atoms with Crippen LogP contribution >= 0.6 is 11.6 Å². The summed E-state index contributed by atoms with van der Waals surface area (Å²) in [5.74, 6) is -0.255. The molecule has 1 heterocycles. The van der Waals surface area contributed by atoms with Crippen LogP contribution in [-0.4, -0.2) is 17.6 Å². The molecule has 1 N–H and O–H groups in total. The summed E-state index contributed by atoms with van der Waals surface area (Å²) in [4.78, 5) is 14.4. The number of aromatic nitrogens is 1. The number of benzene rings is 1. The summed E-state index contributed by atoms with van der Waals surface area (Å²) in [6.45, 7) is 2.17. The molecule has 0 amide bonds. The quantitative estimate of drug-likeness (QED) is 0.834. The molecule has 3 nitrogen and oxygen atoms in total. The molecule has 0 atom stereocenters. The van der Waals surface area contributed by atoms with Crippen molar-refractivity contribution in [1.82, 2.24) is 4.98 Å². The third kappa shape index (κ3) is 2.04. The number of fused-ring (bicyclic) bond motifs is 1. The zero-order valence-corrected chi connectivity index (χ0v) is 9.67. The van der Waals surface area contributed by atoms with Crippen LogP contribution < -0.4 is 0 Å². The number of para-hydroxylation sites is 1. The smallest absolute Gasteiger partial charge is 0.310 e. The zero-order chi connectivity index (χ0) is 11.5. The average Bonchev–Trinajstić information content (AvgIpc) is 2.56. The highest BCUT2D eigenvalue weighted by Crippen LogP contribution is 2.26. The van der Waals surface area contributed by atoms with E-state index >= 15 is 0 Å². The van der Waals surface area contributed by atoms with E-state index in [1.54, 1.807) is 6.92 Å². The van der Waals surface area contributed by atoms with Gasteiger partial charge < -0.3 is 9.72 Å². The maximum Gasteiger partial charge on any atom is 0.310 e. The molecule has 0 spiro atoms. The molecule has 0 saturated heterocycles. The maximum absolute atomic E-state index is 11.4. The largest absolute Gasteiger partial charge is 0.466 e. The number of halogens is 1. The Labute approximate surface area is 98.4 Å². The van der Waals surface area contributed by atoms with Crippen molar-refractivity contribution in [1.29, 1.82) is 0 Å². The van der Waals surface area contributed by atoms with Crippen LogP contribution in [0.4, 0.5) is 0 Å². The van der Waals surface area contributed by atoms with Crippen molar-refractivity contribution in [3.05, 3.63) is 35.0 Å². The van der Waals surface area contributed by atoms with E-state index in [9.17, 15) is 4.79 Å². The second-order valence-electron chi connectivity index (χ2n) is 3.44. The van der Waals surface area contributed by atoms with Gasteiger partial charge in [-0.2, -0.15) is 0 Å². The van der Waals surface area contributed by atoms with Crippen molar-refractivity contribution in [3.8, 4) is 0 Å². The van der Waals surface area contributed by atoms with Gasteiger partial charge in [-0.3, -0.25) is 4.79 Å². The van der Waals surface area contributed by atoms with Crippen LogP contribution in [0.15, 0.2) is 24.3 Å². The number of nitrogens with one attached hydrogen (secondary N) is 1. The Morgan fingerprint density at radius 3 is 2.94 bits per heavy atom. The normalized spacial score (nSPS) is 10.6. The Morgan fingerprint density at radius 2 is 2.19 bits per heavy atom. The zero-order valence-electron chi connectivity index (χ0n) is 8.92. The fraction of sp³-hybridized carbons (Fsp3) is 0.250. The summed E-state index contributed by atoms with van der Waals surface area (Å²) in [5, 5.41) is 1.48. The molecule has 0 radical (unpaired) electrons. The number of hydrogen-bond donors (Lipinski definition) is 1. The predicted molar refractivity (Wildman–Crippen MR) is 63.6 cm³/mol. The van der Waals surface area contributed by atoms with Gasteiger partial charge in [0.25, 0.3) is 0 Å². The monoisotopic (exact) mass is 237 g/mol. The van der Waals surface area contributed by atoms with Crippen LogP contribution in [0.3, 0.4) is 0 Å². The van der Waals surface area contributed by atoms with Gasteiger partial charge in [-0.25, -0.2) is 0 Å². The van der Waals surface area contributed by atoms with Gasteiger partial charge in [-0.05, 0) is 13.0 Å². The molecule has 2 rings (SSSR count). The van der Waals surface area contributed by atoms with Gasteiger partial charge in [-0.1, -0.05) is 29.8 Å². The standard InChI is InChI=1S/C12H12ClNO2/c1-2-16-11(15)7-9-8-5-3-4-6-10(8)14-12(9)13/h3-6,14H,2,7H2,1H3. The summed E-state index contributed by atoms with van der Waals surface area (Å²) in [6.07, 6.45) is 0.205. The van der Waals surface area contributed by atoms with E-state index in [2.05, 4.69) is 4.98 Å². The maximum atomic E-state index is 11.4. The summed E-state index contributed by atoms with van der Waals surface area (Å²) < 4.78 is 4.91. The van der Waals surface area contributed by atoms with E-state index in [-0.39, 0.29) is 12.4 Å². The van der Waals surface area contributed by atoms with Crippen LogP contribution in [-0.2, 0) is 16.0 Å². The number of esters is 1. The fourth-order valence-electron chi connectivity index (χ4n) is 1.70. The molecule has 0 aliphatic heterocycles. The van der Waals surface area contributed by atoms with Crippen LogP contribution in [0.5, 0.6) is 0 Å². The molecular formula is C12H12ClNO2. The second kappa shape index (κ2) is 4.58. The molecule has 0 bridgehead atoms. The van der Waals surface area contributed by atoms with Crippen molar-refractivity contribution in [2.45, 2.75) is 13.3 Å². The highest BCUT2D eigenvalue weighted by atomic mass is 35.5. The minimum Gasteiger partial charge on any atom is -0.466 e. The third-order valence-corrected chi connectivity index (χ3v) is 2.71. The highest BCUT2D eigenvalue weighted by Gasteiger charge is 2.13. The van der Waals surface area contributed by atoms with E-state index in [1.807, 2.05) is 24.3 Å². The van der Waals surface area contributed by atoms with Crippen molar-refractivity contribution in [2.75, 3.05) is 6.61 Å². The molecule has 0 fully saturated rings. The molecular weight excluding hydrogens is 226 g/mol. The minimum atomic E-state index is -0.255. The first-order chi connectivity index (χ1) is 7.72. The second-order valence-corrected chi connectivity index (χ2v) is 3.82. The van der Waals surface area contributed by atoms with E-state index in [0.717, 1.165) is 16.5 Å². The fourth-order valence-corrected chi connectivity index (χ4v) is 1.97. The molecule has 16 heavy (non-hydrogen) atoms. The lowest BCUT2D eigenvalue weighted by atomic mass is 10.1. The molecule has 0 aliphatic rings. The Kier molecular flexibility index (Phi) is 3.15. The van der Waals surface area contributed by atoms with Crippen molar-refractivity contribution in [2.24, 2.45) is 0 Å². The minimum absolute atomic E-state index is 0.205. The van der Waals surface area contributed by atoms with E-state index in [4.69, 9.17) is 16.3 Å².